The highest BCUT2D eigenvalue weighted by Gasteiger charge is 2.26. The molecule has 1 aliphatic rings. The Kier molecular flexibility index (Phi) is 21.7. The monoisotopic (exact) mass is 627 g/mol. The normalized spacial score (nSPS) is 12.1. The third-order valence-corrected chi connectivity index (χ3v) is 6.92. The zero-order valence-electron chi connectivity index (χ0n) is 27.3. The number of piperazine rings is 1. The lowest BCUT2D eigenvalue weighted by atomic mass is 9.46. The molecule has 1 heterocycles. The fraction of sp³-hybridized carbons (Fsp3) is 0.485. The van der Waals surface area contributed by atoms with Gasteiger partial charge in [-0.1, -0.05) is 90.9 Å². The summed E-state index contributed by atoms with van der Waals surface area (Å²) in [6, 6.07) is 12.0. The molecule has 0 unspecified atom stereocenters. The lowest BCUT2D eigenvalue weighted by molar-refractivity contribution is -0.129. The van der Waals surface area contributed by atoms with Crippen LogP contribution in [0.25, 0.3) is 0 Å². The maximum atomic E-state index is 14.5. The number of carbonyl (C=O) groups is 3. The number of hydrazone groups is 1. The van der Waals surface area contributed by atoms with E-state index in [2.05, 4.69) is 30.3 Å². The largest absolute Gasteiger partial charge is 0.338 e. The van der Waals surface area contributed by atoms with Crippen molar-refractivity contribution >= 4 is 42.2 Å². The Morgan fingerprint density at radius 3 is 2.16 bits per heavy atom. The Hall–Kier alpha value is -3.71. The van der Waals surface area contributed by atoms with Gasteiger partial charge in [0.2, 0.25) is 12.3 Å². The van der Waals surface area contributed by atoms with Crippen molar-refractivity contribution in [2.75, 3.05) is 32.1 Å². The van der Waals surface area contributed by atoms with Crippen molar-refractivity contribution in [1.82, 2.24) is 15.2 Å². The lowest BCUT2D eigenvalue weighted by Gasteiger charge is -2.34. The van der Waals surface area contributed by atoms with Crippen LogP contribution in [0.1, 0.15) is 75.0 Å². The molecule has 1 aliphatic heterocycles. The first-order chi connectivity index (χ1) is 21.3. The molecule has 0 spiro atoms. The van der Waals surface area contributed by atoms with Crippen molar-refractivity contribution < 1.29 is 18.8 Å². The van der Waals surface area contributed by atoms with E-state index in [4.69, 9.17) is 16.9 Å². The van der Waals surface area contributed by atoms with Crippen LogP contribution >= 0.6 is 11.6 Å². The molecule has 3 amide bonds. The van der Waals surface area contributed by atoms with E-state index in [1.54, 1.807) is 11.0 Å². The van der Waals surface area contributed by atoms with E-state index in [1.807, 2.05) is 58.9 Å². The number of benzene rings is 2. The van der Waals surface area contributed by atoms with Gasteiger partial charge in [0.1, 0.15) is 11.7 Å². The number of halogens is 2. The Bertz CT molecular complexity index is 1230. The van der Waals surface area contributed by atoms with E-state index >= 15 is 0 Å². The lowest BCUT2D eigenvalue weighted by Crippen LogP contribution is -2.51. The fourth-order valence-corrected chi connectivity index (χ4v) is 4.53. The van der Waals surface area contributed by atoms with Gasteiger partial charge in [-0.15, -0.1) is 11.6 Å². The highest BCUT2D eigenvalue weighted by molar-refractivity contribution is 6.66. The summed E-state index contributed by atoms with van der Waals surface area (Å²) in [5, 5.41) is 12.6. The van der Waals surface area contributed by atoms with Crippen molar-refractivity contribution in [3.8, 4) is 5.97 Å². The average molecular weight is 628 g/mol. The van der Waals surface area contributed by atoms with Crippen molar-refractivity contribution in [2.45, 2.75) is 73.9 Å². The zero-order chi connectivity index (χ0) is 33.5. The third-order valence-electron chi connectivity index (χ3n) is 6.69. The number of nitrogens with one attached hydrogen (secondary N) is 1. The standard InChI is InChI=1S/C23H24ClFN4O3.C6H12BN.2C2H6/c1-16-4-2-3-5-18(16)21(27-26-15-30)13-17-6-7-20(25)19(12-17)23(32)29-10-8-28(9-11-29)22(31)14-24;1-3-5-7(4-2)6-8;2*1-2/h2-7,12,15H,8-11,13-14H2,1H3,(H,26,30);3-5H2,1-2H3;2*1-2H3/b27-21-;;;. The first-order valence-electron chi connectivity index (χ1n) is 15.4. The molecule has 1 fully saturated rings. The number of carbonyl (C=O) groups excluding carboxylic acids is 3. The highest BCUT2D eigenvalue weighted by Crippen LogP contribution is 2.18. The quantitative estimate of drug-likeness (QED) is 0.109. The Morgan fingerprint density at radius 1 is 1.05 bits per heavy atom. The van der Waals surface area contributed by atoms with Crippen LogP contribution in [-0.2, 0) is 16.0 Å². The predicted octanol–water partition coefficient (Wildman–Crippen LogP) is 6.38. The van der Waals surface area contributed by atoms with Crippen LogP contribution in [0.15, 0.2) is 47.6 Å². The van der Waals surface area contributed by atoms with Crippen LogP contribution in [0, 0.1) is 24.0 Å². The smallest absolute Gasteiger partial charge is 0.267 e. The number of alkyl halides is 1. The molecule has 0 aromatic heterocycles. The number of amides is 3. The summed E-state index contributed by atoms with van der Waals surface area (Å²) in [6.07, 6.45) is 3.97. The molecule has 11 heteroatoms. The van der Waals surface area contributed by atoms with E-state index in [0.29, 0.717) is 57.0 Å². The van der Waals surface area contributed by atoms with Crippen molar-refractivity contribution in [1.29, 1.82) is 5.26 Å². The van der Waals surface area contributed by atoms with Gasteiger partial charge in [0.15, 0.2) is 0 Å². The number of hydrogen-bond acceptors (Lipinski definition) is 5. The minimum atomic E-state index is -0.613. The van der Waals surface area contributed by atoms with Gasteiger partial charge < -0.3 is 9.80 Å². The predicted molar refractivity (Wildman–Crippen MR) is 180 cm³/mol. The van der Waals surface area contributed by atoms with Crippen molar-refractivity contribution in [3.05, 3.63) is 70.5 Å². The van der Waals surface area contributed by atoms with Crippen molar-refractivity contribution in [2.24, 2.45) is 5.10 Å². The molecular weight excluding hydrogens is 580 g/mol. The molecule has 8 nitrogen and oxygen atoms in total. The minimum absolute atomic E-state index is 0.0351. The van der Waals surface area contributed by atoms with Gasteiger partial charge in [-0.2, -0.15) is 5.10 Å². The third kappa shape index (κ3) is 13.3. The Morgan fingerprint density at radius 2 is 1.66 bits per heavy atom. The summed E-state index contributed by atoms with van der Waals surface area (Å²) in [5.41, 5.74) is 5.39. The number of rotatable bonds is 10. The maximum absolute atomic E-state index is 14.5. The summed E-state index contributed by atoms with van der Waals surface area (Å²) in [4.78, 5) is 38.6. The molecule has 240 valence electrons. The molecule has 2 aromatic carbocycles. The average Bonchev–Trinajstić information content (AvgIpc) is 3.08. The second-order valence-corrected chi connectivity index (χ2v) is 9.71. The van der Waals surface area contributed by atoms with Crippen LogP contribution in [0.3, 0.4) is 0 Å². The van der Waals surface area contributed by atoms with E-state index in [0.717, 1.165) is 30.2 Å². The Balaban J connectivity index is 0.00000132. The molecule has 0 atom stereocenters. The zero-order valence-corrected chi connectivity index (χ0v) is 28.1. The summed E-state index contributed by atoms with van der Waals surface area (Å²) in [7, 11) is 0. The SMILES string of the molecule is CC.CC.CCCB(C#N)CC.Cc1ccccc1/C(Cc1ccc(F)c(C(=O)N2CCN(C(=O)CCl)CC2)c1)=N\NC=O. The van der Waals surface area contributed by atoms with Crippen LogP contribution in [0.4, 0.5) is 4.39 Å². The fourth-order valence-electron chi connectivity index (χ4n) is 4.36. The topological polar surface area (TPSA) is 106 Å². The van der Waals surface area contributed by atoms with E-state index in [9.17, 15) is 18.8 Å². The summed E-state index contributed by atoms with van der Waals surface area (Å²) in [6.45, 7) is 15.7. The highest BCUT2D eigenvalue weighted by atomic mass is 35.5. The van der Waals surface area contributed by atoms with Gasteiger partial charge in [-0.25, -0.2) is 15.1 Å². The molecule has 0 radical (unpaired) electrons. The van der Waals surface area contributed by atoms with Gasteiger partial charge in [0.05, 0.1) is 11.3 Å². The molecule has 0 saturated carbocycles. The van der Waals surface area contributed by atoms with Crippen LogP contribution in [0.2, 0.25) is 12.6 Å². The maximum Gasteiger partial charge on any atom is 0.267 e. The molecule has 0 bridgehead atoms. The summed E-state index contributed by atoms with van der Waals surface area (Å²) >= 11 is 5.59. The molecule has 0 aliphatic carbocycles. The number of nitrogens with zero attached hydrogens (tertiary/aromatic N) is 4. The van der Waals surface area contributed by atoms with Crippen LogP contribution < -0.4 is 5.43 Å². The number of aryl methyl sites for hydroxylation is 1. The van der Waals surface area contributed by atoms with E-state index < -0.39 is 11.7 Å². The molecule has 44 heavy (non-hydrogen) atoms. The van der Waals surface area contributed by atoms with E-state index in [-0.39, 0.29) is 17.4 Å². The van der Waals surface area contributed by atoms with Crippen LogP contribution in [-0.4, -0.2) is 72.5 Å². The Labute approximate surface area is 268 Å². The van der Waals surface area contributed by atoms with Gasteiger partial charge >= 0.3 is 0 Å². The molecule has 3 rings (SSSR count). The van der Waals surface area contributed by atoms with Gasteiger partial charge in [-0.3, -0.25) is 14.4 Å². The molecular formula is C33H48BClFN5O3. The minimum Gasteiger partial charge on any atom is -0.338 e. The second-order valence-electron chi connectivity index (χ2n) is 9.44. The molecule has 1 N–H and O–H groups in total. The molecule has 1 saturated heterocycles. The molecule has 2 aromatic rings. The first kappa shape index (κ1) is 40.3. The summed E-state index contributed by atoms with van der Waals surface area (Å²) in [5.74, 6) is 0.928. The van der Waals surface area contributed by atoms with E-state index in [1.165, 1.54) is 17.0 Å². The number of hydrogen-bond donors (Lipinski definition) is 1. The number of nitriles is 1. The first-order valence-corrected chi connectivity index (χ1v) is 16.0. The second kappa shape index (κ2) is 23.7. The van der Waals surface area contributed by atoms with Crippen LogP contribution in [0.5, 0.6) is 0 Å². The van der Waals surface area contributed by atoms with Gasteiger partial charge in [0.25, 0.3) is 12.6 Å². The van der Waals surface area contributed by atoms with Crippen molar-refractivity contribution in [3.63, 3.8) is 0 Å². The summed E-state index contributed by atoms with van der Waals surface area (Å²) < 4.78 is 14.5. The van der Waals surface area contributed by atoms with Gasteiger partial charge in [-0.05, 0) is 30.2 Å². The van der Waals surface area contributed by atoms with Gasteiger partial charge in [0, 0.05) is 44.1 Å².